The SMILES string of the molecule is Brc1ccc2oc3c(ccc4c5cc6ccccc6cc5oc43)c2c1. The number of halogens is 1. The molecule has 0 aliphatic rings. The summed E-state index contributed by atoms with van der Waals surface area (Å²) in [6, 6.07) is 23.0. The lowest BCUT2D eigenvalue weighted by Gasteiger charge is -1.96. The molecule has 6 rings (SSSR count). The number of furan rings is 2. The topological polar surface area (TPSA) is 26.3 Å². The molecular weight excluding hydrogens is 376 g/mol. The minimum absolute atomic E-state index is 0.811. The molecule has 2 heterocycles. The fourth-order valence-corrected chi connectivity index (χ4v) is 4.09. The van der Waals surface area contributed by atoms with Crippen molar-refractivity contribution in [1.29, 1.82) is 0 Å². The van der Waals surface area contributed by atoms with Crippen LogP contribution in [0.2, 0.25) is 0 Å². The van der Waals surface area contributed by atoms with Gasteiger partial charge in [-0.3, -0.25) is 0 Å². The van der Waals surface area contributed by atoms with Crippen LogP contribution >= 0.6 is 15.9 Å². The molecule has 6 aromatic rings. The third kappa shape index (κ3) is 1.79. The molecule has 0 spiro atoms. The quantitative estimate of drug-likeness (QED) is 0.271. The summed E-state index contributed by atoms with van der Waals surface area (Å²) in [6.07, 6.45) is 0. The lowest BCUT2D eigenvalue weighted by atomic mass is 10.1. The molecule has 0 saturated heterocycles. The van der Waals surface area contributed by atoms with Crippen LogP contribution in [0.15, 0.2) is 80.0 Å². The van der Waals surface area contributed by atoms with Crippen LogP contribution in [0.5, 0.6) is 0 Å². The molecule has 0 atom stereocenters. The fraction of sp³-hybridized carbons (Fsp3) is 0. The standard InChI is InChI=1S/C22H11BrO2/c23-14-5-8-19-18(11-14)16-7-6-15-17-9-12-3-1-2-4-13(12)10-20(17)25-22(15)21(16)24-19/h1-11H. The number of hydrogen-bond donors (Lipinski definition) is 0. The van der Waals surface area contributed by atoms with Gasteiger partial charge in [0.1, 0.15) is 11.2 Å². The number of benzene rings is 4. The Morgan fingerprint density at radius 3 is 1.96 bits per heavy atom. The molecule has 0 N–H and O–H groups in total. The summed E-state index contributed by atoms with van der Waals surface area (Å²) in [5, 5.41) is 6.78. The van der Waals surface area contributed by atoms with E-state index in [2.05, 4.69) is 64.5 Å². The van der Waals surface area contributed by atoms with Crippen LogP contribution in [0.1, 0.15) is 0 Å². The molecule has 118 valence electrons. The average Bonchev–Trinajstić information content (AvgIpc) is 3.17. The smallest absolute Gasteiger partial charge is 0.178 e. The molecule has 0 aliphatic heterocycles. The second kappa shape index (κ2) is 4.64. The van der Waals surface area contributed by atoms with Gasteiger partial charge in [-0.1, -0.05) is 40.2 Å². The van der Waals surface area contributed by atoms with E-state index in [1.165, 1.54) is 10.8 Å². The Labute approximate surface area is 150 Å². The molecule has 0 radical (unpaired) electrons. The van der Waals surface area contributed by atoms with Crippen molar-refractivity contribution in [2.45, 2.75) is 0 Å². The predicted molar refractivity (Wildman–Crippen MR) is 106 cm³/mol. The predicted octanol–water partition coefficient (Wildman–Crippen LogP) is 7.40. The zero-order valence-corrected chi connectivity index (χ0v) is 14.6. The van der Waals surface area contributed by atoms with Gasteiger partial charge in [0.25, 0.3) is 0 Å². The first kappa shape index (κ1) is 13.5. The maximum absolute atomic E-state index is 6.23. The van der Waals surface area contributed by atoms with E-state index in [1.54, 1.807) is 0 Å². The van der Waals surface area contributed by atoms with Crippen LogP contribution in [-0.4, -0.2) is 0 Å². The van der Waals surface area contributed by atoms with E-state index in [9.17, 15) is 0 Å². The van der Waals surface area contributed by atoms with Gasteiger partial charge in [0.15, 0.2) is 11.2 Å². The van der Waals surface area contributed by atoms with Gasteiger partial charge in [0, 0.05) is 26.0 Å². The maximum atomic E-state index is 6.23. The van der Waals surface area contributed by atoms with Crippen LogP contribution in [0.25, 0.3) is 54.6 Å². The summed E-state index contributed by atoms with van der Waals surface area (Å²) in [5.41, 5.74) is 3.39. The molecule has 0 amide bonds. The molecule has 0 bridgehead atoms. The van der Waals surface area contributed by atoms with E-state index in [0.717, 1.165) is 48.3 Å². The van der Waals surface area contributed by atoms with Crippen molar-refractivity contribution in [1.82, 2.24) is 0 Å². The number of rotatable bonds is 0. The summed E-state index contributed by atoms with van der Waals surface area (Å²) < 4.78 is 13.4. The lowest BCUT2D eigenvalue weighted by Crippen LogP contribution is -1.72. The van der Waals surface area contributed by atoms with Crippen molar-refractivity contribution in [2.75, 3.05) is 0 Å². The Balaban J connectivity index is 1.82. The van der Waals surface area contributed by atoms with Gasteiger partial charge in [-0.15, -0.1) is 0 Å². The van der Waals surface area contributed by atoms with E-state index in [4.69, 9.17) is 8.83 Å². The summed E-state index contributed by atoms with van der Waals surface area (Å²) >= 11 is 3.54. The number of hydrogen-bond acceptors (Lipinski definition) is 2. The monoisotopic (exact) mass is 386 g/mol. The van der Waals surface area contributed by atoms with Crippen molar-refractivity contribution in [3.63, 3.8) is 0 Å². The Kier molecular flexibility index (Phi) is 2.51. The number of fused-ring (bicyclic) bond motifs is 8. The fourth-order valence-electron chi connectivity index (χ4n) is 3.73. The molecule has 0 unspecified atom stereocenters. The first-order chi connectivity index (χ1) is 12.3. The van der Waals surface area contributed by atoms with Gasteiger partial charge in [0.05, 0.1) is 0 Å². The van der Waals surface area contributed by atoms with Crippen molar-refractivity contribution >= 4 is 70.6 Å². The lowest BCUT2D eigenvalue weighted by molar-refractivity contribution is 0.633. The Morgan fingerprint density at radius 2 is 1.20 bits per heavy atom. The molecule has 3 heteroatoms. The van der Waals surface area contributed by atoms with E-state index in [-0.39, 0.29) is 0 Å². The normalized spacial score (nSPS) is 12.2. The van der Waals surface area contributed by atoms with Crippen LogP contribution < -0.4 is 0 Å². The van der Waals surface area contributed by atoms with Gasteiger partial charge in [0.2, 0.25) is 0 Å². The highest BCUT2D eigenvalue weighted by molar-refractivity contribution is 9.10. The van der Waals surface area contributed by atoms with E-state index >= 15 is 0 Å². The van der Waals surface area contributed by atoms with Gasteiger partial charge in [-0.25, -0.2) is 0 Å². The van der Waals surface area contributed by atoms with Crippen LogP contribution in [0.4, 0.5) is 0 Å². The second-order valence-electron chi connectivity index (χ2n) is 6.36. The summed E-state index contributed by atoms with van der Waals surface area (Å²) in [6.45, 7) is 0. The van der Waals surface area contributed by atoms with Gasteiger partial charge in [-0.05, 0) is 53.2 Å². The molecular formula is C22H11BrO2. The van der Waals surface area contributed by atoms with Crippen LogP contribution in [-0.2, 0) is 0 Å². The largest absolute Gasteiger partial charge is 0.452 e. The Morgan fingerprint density at radius 1 is 0.560 bits per heavy atom. The zero-order chi connectivity index (χ0) is 16.5. The van der Waals surface area contributed by atoms with Gasteiger partial charge in [-0.2, -0.15) is 0 Å². The highest BCUT2D eigenvalue weighted by Crippen LogP contribution is 2.40. The van der Waals surface area contributed by atoms with Crippen molar-refractivity contribution in [3.05, 3.63) is 71.2 Å². The summed E-state index contributed by atoms with van der Waals surface area (Å²) in [4.78, 5) is 0. The van der Waals surface area contributed by atoms with Crippen molar-refractivity contribution < 1.29 is 8.83 Å². The van der Waals surface area contributed by atoms with Crippen LogP contribution in [0, 0.1) is 0 Å². The minimum Gasteiger partial charge on any atom is -0.452 e. The first-order valence-electron chi connectivity index (χ1n) is 8.14. The second-order valence-corrected chi connectivity index (χ2v) is 7.27. The third-order valence-electron chi connectivity index (χ3n) is 4.91. The summed E-state index contributed by atoms with van der Waals surface area (Å²) in [7, 11) is 0. The summed E-state index contributed by atoms with van der Waals surface area (Å²) in [5.74, 6) is 0. The zero-order valence-electron chi connectivity index (χ0n) is 13.0. The minimum atomic E-state index is 0.811. The molecule has 2 nitrogen and oxygen atoms in total. The average molecular weight is 387 g/mol. The van der Waals surface area contributed by atoms with E-state index in [1.807, 2.05) is 18.2 Å². The Hall–Kier alpha value is -2.78. The third-order valence-corrected chi connectivity index (χ3v) is 5.40. The molecule has 0 saturated carbocycles. The molecule has 0 aliphatic carbocycles. The van der Waals surface area contributed by atoms with Crippen molar-refractivity contribution in [3.8, 4) is 0 Å². The highest BCUT2D eigenvalue weighted by Gasteiger charge is 2.16. The maximum Gasteiger partial charge on any atom is 0.178 e. The molecule has 25 heavy (non-hydrogen) atoms. The van der Waals surface area contributed by atoms with E-state index in [0.29, 0.717) is 0 Å². The molecule has 4 aromatic carbocycles. The molecule has 0 fully saturated rings. The molecule has 2 aromatic heterocycles. The van der Waals surface area contributed by atoms with E-state index < -0.39 is 0 Å². The first-order valence-corrected chi connectivity index (χ1v) is 8.93. The Bertz CT molecular complexity index is 1450. The highest BCUT2D eigenvalue weighted by atomic mass is 79.9. The van der Waals surface area contributed by atoms with Gasteiger partial charge >= 0.3 is 0 Å². The van der Waals surface area contributed by atoms with Crippen molar-refractivity contribution in [2.24, 2.45) is 0 Å². The van der Waals surface area contributed by atoms with Crippen LogP contribution in [0.3, 0.4) is 0 Å². The van der Waals surface area contributed by atoms with Gasteiger partial charge < -0.3 is 8.83 Å².